The van der Waals surface area contributed by atoms with E-state index in [9.17, 15) is 0 Å². The zero-order valence-electron chi connectivity index (χ0n) is 16.9. The lowest BCUT2D eigenvalue weighted by molar-refractivity contribution is 0.608. The molecule has 1 unspecified atom stereocenters. The van der Waals surface area contributed by atoms with E-state index < -0.39 is 0 Å². The summed E-state index contributed by atoms with van der Waals surface area (Å²) in [6, 6.07) is 10.1. The Balaban J connectivity index is 1.91. The zero-order valence-corrected chi connectivity index (χ0v) is 16.9. The van der Waals surface area contributed by atoms with Crippen molar-refractivity contribution in [3.63, 3.8) is 0 Å². The van der Waals surface area contributed by atoms with Gasteiger partial charge in [0.05, 0.1) is 0 Å². The maximum Gasteiger partial charge on any atom is 0.0485 e. The fraction of sp³-hybridized carbons (Fsp3) is 0.478. The number of benzene rings is 1. The third-order valence-corrected chi connectivity index (χ3v) is 5.29. The van der Waals surface area contributed by atoms with Crippen LogP contribution in [0.2, 0.25) is 0 Å². The van der Waals surface area contributed by atoms with Crippen molar-refractivity contribution in [3.05, 3.63) is 53.4 Å². The Labute approximate surface area is 158 Å². The molecule has 1 aliphatic heterocycles. The number of hydrogen-bond acceptors (Lipinski definition) is 2. The van der Waals surface area contributed by atoms with Crippen LogP contribution in [0.25, 0.3) is 16.6 Å². The van der Waals surface area contributed by atoms with E-state index in [4.69, 9.17) is 0 Å². The van der Waals surface area contributed by atoms with Gasteiger partial charge in [-0.05, 0) is 77.3 Å². The number of hydrogen-bond donors (Lipinski definition) is 2. The highest BCUT2D eigenvalue weighted by Crippen LogP contribution is 2.27. The van der Waals surface area contributed by atoms with Crippen molar-refractivity contribution in [1.29, 1.82) is 0 Å². The smallest absolute Gasteiger partial charge is 0.0485 e. The summed E-state index contributed by atoms with van der Waals surface area (Å²) in [6.07, 6.45) is 8.03. The van der Waals surface area contributed by atoms with E-state index in [0.29, 0.717) is 12.1 Å². The lowest BCUT2D eigenvalue weighted by Crippen LogP contribution is -2.31. The van der Waals surface area contributed by atoms with Crippen molar-refractivity contribution >= 4 is 16.6 Å². The predicted molar refractivity (Wildman–Crippen MR) is 113 cm³/mol. The molecule has 0 bridgehead atoms. The first-order chi connectivity index (χ1) is 12.5. The van der Waals surface area contributed by atoms with Crippen molar-refractivity contribution < 1.29 is 0 Å². The van der Waals surface area contributed by atoms with Gasteiger partial charge in [-0.25, -0.2) is 0 Å². The molecule has 0 aliphatic carbocycles. The Bertz CT molecular complexity index is 817. The predicted octanol–water partition coefficient (Wildman–Crippen LogP) is 5.53. The van der Waals surface area contributed by atoms with E-state index in [1.54, 1.807) is 0 Å². The number of aromatic nitrogens is 1. The van der Waals surface area contributed by atoms with E-state index in [-0.39, 0.29) is 0 Å². The van der Waals surface area contributed by atoms with Crippen LogP contribution in [0, 0.1) is 6.92 Å². The van der Waals surface area contributed by atoms with Gasteiger partial charge in [0, 0.05) is 40.1 Å². The number of nitrogens with one attached hydrogen (secondary N) is 2. The van der Waals surface area contributed by atoms with Crippen LogP contribution in [-0.2, 0) is 0 Å². The molecule has 0 radical (unpaired) electrons. The highest BCUT2D eigenvalue weighted by atomic mass is 15.0. The number of aryl methyl sites for hydroxylation is 1. The standard InChI is InChI=1S/C23H33N3/c1-6-9-22(21-10-8-13-24-21)25-20(7-2)18-11-12-23-19(15-18)14-17(5)26(23)16(3)4/h7,9,11-12,14-16,21,24-25H,6,8,10,13H2,1-5H3/b20-7-,22-9+. The van der Waals surface area contributed by atoms with E-state index in [0.717, 1.165) is 13.0 Å². The van der Waals surface area contributed by atoms with Gasteiger partial charge in [0.1, 0.15) is 0 Å². The Morgan fingerprint density at radius 3 is 2.77 bits per heavy atom. The zero-order chi connectivity index (χ0) is 18.7. The molecule has 1 saturated heterocycles. The lowest BCUT2D eigenvalue weighted by Gasteiger charge is -2.20. The van der Waals surface area contributed by atoms with Crippen LogP contribution in [0.15, 0.2) is 42.1 Å². The van der Waals surface area contributed by atoms with Crippen molar-refractivity contribution in [2.45, 2.75) is 66.0 Å². The summed E-state index contributed by atoms with van der Waals surface area (Å²) >= 11 is 0. The molecule has 1 atom stereocenters. The molecule has 1 fully saturated rings. The van der Waals surface area contributed by atoms with Crippen LogP contribution in [0.1, 0.15) is 64.3 Å². The van der Waals surface area contributed by atoms with Gasteiger partial charge in [-0.1, -0.05) is 25.1 Å². The van der Waals surface area contributed by atoms with E-state index >= 15 is 0 Å². The molecular formula is C23H33N3. The fourth-order valence-corrected chi connectivity index (χ4v) is 4.14. The number of nitrogens with zero attached hydrogens (tertiary/aromatic N) is 1. The SMILES string of the molecule is C/C=C(\N/C(=C/CC)C1CCCN1)c1ccc2c(c1)cc(C)n2C(C)C. The summed E-state index contributed by atoms with van der Waals surface area (Å²) < 4.78 is 2.41. The Hall–Kier alpha value is -2.00. The molecule has 3 heteroatoms. The number of fused-ring (bicyclic) bond motifs is 1. The van der Waals surface area contributed by atoms with E-state index in [2.05, 4.69) is 86.2 Å². The summed E-state index contributed by atoms with van der Waals surface area (Å²) in [5, 5.41) is 8.65. The molecule has 140 valence electrons. The maximum absolute atomic E-state index is 3.72. The highest BCUT2D eigenvalue weighted by molar-refractivity contribution is 5.85. The number of rotatable bonds is 6. The van der Waals surface area contributed by atoms with Gasteiger partial charge in [-0.2, -0.15) is 0 Å². The Morgan fingerprint density at radius 1 is 1.35 bits per heavy atom. The molecule has 26 heavy (non-hydrogen) atoms. The van der Waals surface area contributed by atoms with Gasteiger partial charge < -0.3 is 15.2 Å². The highest BCUT2D eigenvalue weighted by Gasteiger charge is 2.19. The van der Waals surface area contributed by atoms with Crippen molar-refractivity contribution in [2.24, 2.45) is 0 Å². The van der Waals surface area contributed by atoms with Gasteiger partial charge in [-0.3, -0.25) is 0 Å². The summed E-state index contributed by atoms with van der Waals surface area (Å²) in [4.78, 5) is 0. The van der Waals surface area contributed by atoms with Gasteiger partial charge >= 0.3 is 0 Å². The largest absolute Gasteiger partial charge is 0.358 e. The minimum absolute atomic E-state index is 0.456. The van der Waals surface area contributed by atoms with Crippen molar-refractivity contribution in [2.75, 3.05) is 6.54 Å². The maximum atomic E-state index is 3.72. The molecule has 0 saturated carbocycles. The topological polar surface area (TPSA) is 29.0 Å². The fourth-order valence-electron chi connectivity index (χ4n) is 4.14. The second-order valence-corrected chi connectivity index (χ2v) is 7.57. The van der Waals surface area contributed by atoms with Crippen LogP contribution in [0.3, 0.4) is 0 Å². The minimum atomic E-state index is 0.456. The summed E-state index contributed by atoms with van der Waals surface area (Å²) in [6.45, 7) is 12.1. The number of allylic oxidation sites excluding steroid dienone is 2. The van der Waals surface area contributed by atoms with Crippen LogP contribution < -0.4 is 10.6 Å². The van der Waals surface area contributed by atoms with Gasteiger partial charge in [0.2, 0.25) is 0 Å². The normalized spacial score (nSPS) is 18.9. The van der Waals surface area contributed by atoms with E-state index in [1.807, 2.05) is 0 Å². The van der Waals surface area contributed by atoms with Gasteiger partial charge in [0.25, 0.3) is 0 Å². The molecule has 2 heterocycles. The third kappa shape index (κ3) is 3.73. The average Bonchev–Trinajstić information content (AvgIpc) is 3.24. The second kappa shape index (κ2) is 8.13. The van der Waals surface area contributed by atoms with E-state index in [1.165, 1.54) is 46.4 Å². The van der Waals surface area contributed by atoms with Crippen LogP contribution in [-0.4, -0.2) is 17.2 Å². The van der Waals surface area contributed by atoms with Crippen LogP contribution in [0.5, 0.6) is 0 Å². The minimum Gasteiger partial charge on any atom is -0.358 e. The summed E-state index contributed by atoms with van der Waals surface area (Å²) in [5.41, 5.74) is 6.40. The van der Waals surface area contributed by atoms with Crippen molar-refractivity contribution in [3.8, 4) is 0 Å². The molecule has 0 spiro atoms. The second-order valence-electron chi connectivity index (χ2n) is 7.57. The molecule has 1 aliphatic rings. The Kier molecular flexibility index (Phi) is 5.87. The first-order valence-corrected chi connectivity index (χ1v) is 10.0. The van der Waals surface area contributed by atoms with Crippen LogP contribution >= 0.6 is 0 Å². The first kappa shape index (κ1) is 18.8. The molecule has 3 rings (SSSR count). The first-order valence-electron chi connectivity index (χ1n) is 10.0. The monoisotopic (exact) mass is 351 g/mol. The molecule has 0 amide bonds. The molecule has 2 aromatic rings. The Morgan fingerprint density at radius 2 is 2.15 bits per heavy atom. The molecule has 2 N–H and O–H groups in total. The molecular weight excluding hydrogens is 318 g/mol. The van der Waals surface area contributed by atoms with Crippen LogP contribution in [0.4, 0.5) is 0 Å². The third-order valence-electron chi connectivity index (χ3n) is 5.29. The lowest BCUT2D eigenvalue weighted by atomic mass is 10.1. The summed E-state index contributed by atoms with van der Waals surface area (Å²) in [7, 11) is 0. The summed E-state index contributed by atoms with van der Waals surface area (Å²) in [5.74, 6) is 0. The molecule has 1 aromatic heterocycles. The van der Waals surface area contributed by atoms with Gasteiger partial charge in [-0.15, -0.1) is 0 Å². The average molecular weight is 352 g/mol. The molecule has 3 nitrogen and oxygen atoms in total. The quantitative estimate of drug-likeness (QED) is 0.717. The van der Waals surface area contributed by atoms with Gasteiger partial charge in [0.15, 0.2) is 0 Å². The molecule has 1 aromatic carbocycles. The van der Waals surface area contributed by atoms with Crippen molar-refractivity contribution in [1.82, 2.24) is 15.2 Å².